The van der Waals surface area contributed by atoms with Crippen molar-refractivity contribution < 1.29 is 4.79 Å². The molecule has 0 aliphatic rings. The average molecular weight is 345 g/mol. The van der Waals surface area contributed by atoms with Crippen LogP contribution in [0.3, 0.4) is 0 Å². The van der Waals surface area contributed by atoms with Crippen LogP contribution in [0.4, 0.5) is 10.9 Å². The number of carbonyl (C=O) groups excluding carboxylic acids is 1. The maximum atomic E-state index is 12.0. The zero-order chi connectivity index (χ0) is 15.4. The molecule has 1 heterocycles. The fraction of sp³-hybridized carbons (Fsp3) is 0.231. The van der Waals surface area contributed by atoms with Gasteiger partial charge in [-0.3, -0.25) is 4.79 Å². The summed E-state index contributed by atoms with van der Waals surface area (Å²) < 4.78 is 0. The molecule has 8 heteroatoms. The number of nitrogens with zero attached hydrogens (tertiary/aromatic N) is 1. The second-order valence-corrected chi connectivity index (χ2v) is 6.07. The highest BCUT2D eigenvalue weighted by molar-refractivity contribution is 7.18. The summed E-state index contributed by atoms with van der Waals surface area (Å²) in [6.07, 6.45) is 0.610. The molecule has 1 aromatic carbocycles. The van der Waals surface area contributed by atoms with Gasteiger partial charge in [0.05, 0.1) is 0 Å². The van der Waals surface area contributed by atoms with Crippen molar-refractivity contribution in [2.24, 2.45) is 0 Å². The number of hydrogen-bond donors (Lipinski definition) is 3. The molecule has 21 heavy (non-hydrogen) atoms. The van der Waals surface area contributed by atoms with Gasteiger partial charge in [-0.2, -0.15) is 0 Å². The van der Waals surface area contributed by atoms with Crippen molar-refractivity contribution in [2.75, 3.05) is 24.6 Å². The number of nitrogens with one attached hydrogen (secondary N) is 2. The summed E-state index contributed by atoms with van der Waals surface area (Å²) in [6, 6.07) is 5.29. The zero-order valence-corrected chi connectivity index (χ0v) is 13.6. The lowest BCUT2D eigenvalue weighted by Crippen LogP contribution is -2.25. The fourth-order valence-corrected chi connectivity index (χ4v) is 2.97. The third kappa shape index (κ3) is 4.00. The topological polar surface area (TPSA) is 80.0 Å². The Labute approximate surface area is 136 Å². The molecule has 0 saturated carbocycles. The van der Waals surface area contributed by atoms with Gasteiger partial charge in [-0.25, -0.2) is 4.98 Å². The minimum absolute atomic E-state index is 0.228. The van der Waals surface area contributed by atoms with Gasteiger partial charge < -0.3 is 16.4 Å². The van der Waals surface area contributed by atoms with Gasteiger partial charge in [-0.1, -0.05) is 40.6 Å². The number of rotatable bonds is 5. The number of halogens is 2. The van der Waals surface area contributed by atoms with E-state index in [-0.39, 0.29) is 11.7 Å². The van der Waals surface area contributed by atoms with E-state index in [1.165, 1.54) is 11.3 Å². The van der Waals surface area contributed by atoms with Crippen LogP contribution in [0.2, 0.25) is 10.0 Å². The summed E-state index contributed by atoms with van der Waals surface area (Å²) in [5.74, 6) is -0.0111. The van der Waals surface area contributed by atoms with Crippen LogP contribution in [0.15, 0.2) is 18.2 Å². The molecule has 1 aromatic heterocycles. The summed E-state index contributed by atoms with van der Waals surface area (Å²) >= 11 is 13.1. The van der Waals surface area contributed by atoms with E-state index in [4.69, 9.17) is 28.9 Å². The molecule has 2 aromatic rings. The molecule has 0 fully saturated rings. The van der Waals surface area contributed by atoms with Gasteiger partial charge in [0, 0.05) is 23.6 Å². The van der Waals surface area contributed by atoms with E-state index in [0.717, 1.165) is 5.56 Å². The Kier molecular flexibility index (Phi) is 5.27. The Morgan fingerprint density at radius 3 is 2.81 bits per heavy atom. The van der Waals surface area contributed by atoms with Crippen molar-refractivity contribution in [3.63, 3.8) is 0 Å². The molecule has 0 atom stereocenters. The third-order valence-corrected chi connectivity index (χ3v) is 4.44. The van der Waals surface area contributed by atoms with Crippen molar-refractivity contribution >= 4 is 51.4 Å². The van der Waals surface area contributed by atoms with Crippen LogP contribution >= 0.6 is 34.5 Å². The maximum absolute atomic E-state index is 12.0. The van der Waals surface area contributed by atoms with E-state index in [2.05, 4.69) is 15.6 Å². The Morgan fingerprint density at radius 1 is 1.43 bits per heavy atom. The zero-order valence-electron chi connectivity index (χ0n) is 11.2. The molecule has 0 saturated heterocycles. The molecule has 112 valence electrons. The number of nitrogens with two attached hydrogens (primary N) is 1. The van der Waals surface area contributed by atoms with Crippen molar-refractivity contribution in [3.8, 4) is 0 Å². The van der Waals surface area contributed by atoms with E-state index >= 15 is 0 Å². The molecule has 2 rings (SSSR count). The van der Waals surface area contributed by atoms with Crippen molar-refractivity contribution in [1.82, 2.24) is 10.3 Å². The summed E-state index contributed by atoms with van der Waals surface area (Å²) in [4.78, 5) is 16.5. The van der Waals surface area contributed by atoms with E-state index in [1.807, 2.05) is 6.07 Å². The van der Waals surface area contributed by atoms with E-state index in [9.17, 15) is 4.79 Å². The fourth-order valence-electron chi connectivity index (χ4n) is 1.72. The molecule has 0 bridgehead atoms. The Balaban J connectivity index is 1.93. The number of aromatic nitrogens is 1. The largest absolute Gasteiger partial charge is 0.382 e. The molecule has 1 amide bonds. The predicted molar refractivity (Wildman–Crippen MR) is 88.6 cm³/mol. The molecular formula is C13H14Cl2N4OS. The van der Waals surface area contributed by atoms with Crippen LogP contribution in [0.1, 0.15) is 15.2 Å². The number of carbonyl (C=O) groups is 1. The first-order valence-electron chi connectivity index (χ1n) is 6.17. The number of nitrogen functional groups attached to an aromatic ring is 1. The van der Waals surface area contributed by atoms with E-state index in [0.29, 0.717) is 33.0 Å². The van der Waals surface area contributed by atoms with Crippen LogP contribution in [0, 0.1) is 0 Å². The minimum atomic E-state index is -0.239. The van der Waals surface area contributed by atoms with Gasteiger partial charge in [0.15, 0.2) is 5.13 Å². The normalized spacial score (nSPS) is 10.4. The standard InChI is InChI=1S/C13H14Cl2N4OS/c1-17-13-19-11(16)10(21-13)12(20)18-5-4-7-2-3-8(14)6-9(7)15/h2-3,6H,4-5,16H2,1H3,(H,17,19)(H,18,20). The molecule has 0 aliphatic carbocycles. The van der Waals surface area contributed by atoms with Crippen molar-refractivity contribution in [1.29, 1.82) is 0 Å². The molecule has 0 radical (unpaired) electrons. The smallest absolute Gasteiger partial charge is 0.265 e. The molecule has 0 aliphatic heterocycles. The number of anilines is 2. The lowest BCUT2D eigenvalue weighted by atomic mass is 10.1. The van der Waals surface area contributed by atoms with Gasteiger partial charge in [0.1, 0.15) is 10.7 Å². The number of hydrogen-bond acceptors (Lipinski definition) is 5. The number of thiazole rings is 1. The summed E-state index contributed by atoms with van der Waals surface area (Å²) in [7, 11) is 1.72. The molecule has 5 nitrogen and oxygen atoms in total. The molecule has 4 N–H and O–H groups in total. The molecule has 0 spiro atoms. The summed E-state index contributed by atoms with van der Waals surface area (Å²) in [6.45, 7) is 0.451. The lowest BCUT2D eigenvalue weighted by molar-refractivity contribution is 0.0959. The van der Waals surface area contributed by atoms with Gasteiger partial charge in [0.2, 0.25) is 0 Å². The lowest BCUT2D eigenvalue weighted by Gasteiger charge is -2.06. The molecular weight excluding hydrogens is 331 g/mol. The Morgan fingerprint density at radius 2 is 2.19 bits per heavy atom. The first kappa shape index (κ1) is 15.9. The van der Waals surface area contributed by atoms with Crippen LogP contribution in [-0.4, -0.2) is 24.5 Å². The SMILES string of the molecule is CNc1nc(N)c(C(=O)NCCc2ccc(Cl)cc2Cl)s1. The highest BCUT2D eigenvalue weighted by atomic mass is 35.5. The minimum Gasteiger partial charge on any atom is -0.382 e. The monoisotopic (exact) mass is 344 g/mol. The van der Waals surface area contributed by atoms with Crippen molar-refractivity contribution in [2.45, 2.75) is 6.42 Å². The van der Waals surface area contributed by atoms with E-state index < -0.39 is 0 Å². The van der Waals surface area contributed by atoms with Crippen LogP contribution < -0.4 is 16.4 Å². The summed E-state index contributed by atoms with van der Waals surface area (Å²) in [5.41, 5.74) is 6.63. The Hall–Kier alpha value is -1.50. The maximum Gasteiger partial charge on any atom is 0.265 e. The van der Waals surface area contributed by atoms with E-state index in [1.54, 1.807) is 19.2 Å². The third-order valence-electron chi connectivity index (χ3n) is 2.77. The van der Waals surface area contributed by atoms with Gasteiger partial charge >= 0.3 is 0 Å². The van der Waals surface area contributed by atoms with Gasteiger partial charge in [-0.15, -0.1) is 0 Å². The predicted octanol–water partition coefficient (Wildman–Crippen LogP) is 3.05. The van der Waals surface area contributed by atoms with Crippen LogP contribution in [0.5, 0.6) is 0 Å². The first-order valence-corrected chi connectivity index (χ1v) is 7.74. The van der Waals surface area contributed by atoms with Gasteiger partial charge in [-0.05, 0) is 24.1 Å². The van der Waals surface area contributed by atoms with Crippen LogP contribution in [0.25, 0.3) is 0 Å². The highest BCUT2D eigenvalue weighted by Crippen LogP contribution is 2.24. The second kappa shape index (κ2) is 6.98. The summed E-state index contributed by atoms with van der Waals surface area (Å²) in [5, 5.41) is 7.44. The Bertz CT molecular complexity index is 660. The van der Waals surface area contributed by atoms with Crippen molar-refractivity contribution in [3.05, 3.63) is 38.7 Å². The van der Waals surface area contributed by atoms with Gasteiger partial charge in [0.25, 0.3) is 5.91 Å². The molecule has 0 unspecified atom stereocenters. The number of amides is 1. The second-order valence-electron chi connectivity index (χ2n) is 4.23. The quantitative estimate of drug-likeness (QED) is 0.778. The van der Waals surface area contributed by atoms with Crippen LogP contribution in [-0.2, 0) is 6.42 Å². The highest BCUT2D eigenvalue weighted by Gasteiger charge is 2.15. The number of benzene rings is 1. The first-order chi connectivity index (χ1) is 10.0. The average Bonchev–Trinajstić information content (AvgIpc) is 2.82.